The van der Waals surface area contributed by atoms with Crippen LogP contribution in [0.3, 0.4) is 0 Å². The van der Waals surface area contributed by atoms with E-state index < -0.39 is 0 Å². The van der Waals surface area contributed by atoms with Gasteiger partial charge in [-0.2, -0.15) is 0 Å². The smallest absolute Gasteiger partial charge is 0.251 e. The predicted octanol–water partition coefficient (Wildman–Crippen LogP) is 2.36. The average Bonchev–Trinajstić information content (AvgIpc) is 2.89. The van der Waals surface area contributed by atoms with E-state index >= 15 is 0 Å². The first-order valence-corrected chi connectivity index (χ1v) is 6.74. The number of carbonyl (C=O) groups excluding carboxylic acids is 1. The molecule has 1 saturated heterocycles. The number of nitrogens with one attached hydrogen (secondary N) is 2. The van der Waals surface area contributed by atoms with Gasteiger partial charge < -0.3 is 13.6 Å². The van der Waals surface area contributed by atoms with Gasteiger partial charge in [0, 0.05) is 24.4 Å². The number of benzene rings is 1. The van der Waals surface area contributed by atoms with Gasteiger partial charge in [-0.25, -0.2) is 0 Å². The maximum absolute atomic E-state index is 11.9. The van der Waals surface area contributed by atoms with E-state index in [0.29, 0.717) is 12.1 Å². The topological polar surface area (TPSA) is 50.4 Å². The highest BCUT2D eigenvalue weighted by atomic mass is 127. The first kappa shape index (κ1) is 12.6. The van der Waals surface area contributed by atoms with Crippen molar-refractivity contribution < 1.29 is 9.53 Å². The van der Waals surface area contributed by atoms with Crippen LogP contribution in [0.15, 0.2) is 24.3 Å². The van der Waals surface area contributed by atoms with E-state index in [0.717, 1.165) is 25.1 Å². The van der Waals surface area contributed by atoms with Crippen molar-refractivity contribution in [1.29, 1.82) is 0 Å². The molecule has 92 valence electrons. The molecular weight excluding hydrogens is 331 g/mol. The van der Waals surface area contributed by atoms with E-state index in [4.69, 9.17) is 4.74 Å². The van der Waals surface area contributed by atoms with E-state index in [1.807, 2.05) is 47.1 Å². The summed E-state index contributed by atoms with van der Waals surface area (Å²) in [6, 6.07) is 7.42. The summed E-state index contributed by atoms with van der Waals surface area (Å²) in [7, 11) is 0. The first-order valence-electron chi connectivity index (χ1n) is 5.66. The van der Waals surface area contributed by atoms with E-state index in [9.17, 15) is 4.79 Å². The molecule has 2 rings (SSSR count). The van der Waals surface area contributed by atoms with Crippen LogP contribution in [0.5, 0.6) is 0 Å². The Balaban J connectivity index is 1.89. The highest BCUT2D eigenvalue weighted by molar-refractivity contribution is 14.1. The van der Waals surface area contributed by atoms with Crippen LogP contribution in [0.25, 0.3) is 0 Å². The molecule has 0 bridgehead atoms. The van der Waals surface area contributed by atoms with Gasteiger partial charge in [0.15, 0.2) is 0 Å². The molecule has 0 saturated carbocycles. The van der Waals surface area contributed by atoms with Crippen LogP contribution in [-0.2, 0) is 4.74 Å². The van der Waals surface area contributed by atoms with Crippen molar-refractivity contribution in [3.63, 3.8) is 0 Å². The molecule has 0 spiro atoms. The second-order valence-corrected chi connectivity index (χ2v) is 4.56. The molecule has 4 nitrogen and oxygen atoms in total. The number of hydrogen-bond donors (Lipinski definition) is 2. The molecule has 0 radical (unpaired) electrons. The lowest BCUT2D eigenvalue weighted by Gasteiger charge is -2.11. The van der Waals surface area contributed by atoms with Crippen LogP contribution in [0.4, 0.5) is 5.69 Å². The molecule has 2 N–H and O–H groups in total. The second kappa shape index (κ2) is 6.20. The van der Waals surface area contributed by atoms with Crippen molar-refractivity contribution in [1.82, 2.24) is 5.32 Å². The number of amides is 1. The fraction of sp³-hybridized carbons (Fsp3) is 0.417. The van der Waals surface area contributed by atoms with Crippen LogP contribution in [-0.4, -0.2) is 25.2 Å². The summed E-state index contributed by atoms with van der Waals surface area (Å²) in [5.74, 6) is -0.0472. The average molecular weight is 346 g/mol. The van der Waals surface area contributed by atoms with Gasteiger partial charge in [0.05, 0.1) is 29.0 Å². The summed E-state index contributed by atoms with van der Waals surface area (Å²) in [4.78, 5) is 11.9. The first-order chi connectivity index (χ1) is 8.29. The Labute approximate surface area is 115 Å². The molecule has 1 aromatic carbocycles. The fourth-order valence-electron chi connectivity index (χ4n) is 1.83. The van der Waals surface area contributed by atoms with Crippen molar-refractivity contribution >= 4 is 34.5 Å². The van der Waals surface area contributed by atoms with E-state index in [-0.39, 0.29) is 12.0 Å². The quantitative estimate of drug-likeness (QED) is 0.650. The molecule has 0 unspecified atom stereocenters. The third kappa shape index (κ3) is 3.57. The molecule has 1 aliphatic heterocycles. The minimum absolute atomic E-state index is 0.0472. The Morgan fingerprint density at radius 3 is 3.12 bits per heavy atom. The standard InChI is InChI=1S/C12H15IN2O2/c13-15-10-4-1-3-9(7-10)12(16)14-8-11-5-2-6-17-11/h1,3-4,7,11,15H,2,5-6,8H2,(H,14,16)/t11-/m0/s1. The highest BCUT2D eigenvalue weighted by Gasteiger charge is 2.16. The summed E-state index contributed by atoms with van der Waals surface area (Å²) < 4.78 is 8.44. The molecule has 1 aromatic rings. The third-order valence-electron chi connectivity index (χ3n) is 2.75. The molecule has 1 fully saturated rings. The van der Waals surface area contributed by atoms with E-state index in [2.05, 4.69) is 8.85 Å². The number of hydrogen-bond acceptors (Lipinski definition) is 3. The van der Waals surface area contributed by atoms with Gasteiger partial charge in [0.25, 0.3) is 5.91 Å². The monoisotopic (exact) mass is 346 g/mol. The highest BCUT2D eigenvalue weighted by Crippen LogP contribution is 2.13. The fourth-order valence-corrected chi connectivity index (χ4v) is 2.17. The maximum Gasteiger partial charge on any atom is 0.251 e. The Hall–Kier alpha value is -0.820. The van der Waals surface area contributed by atoms with Gasteiger partial charge in [-0.1, -0.05) is 6.07 Å². The van der Waals surface area contributed by atoms with Crippen LogP contribution < -0.4 is 8.85 Å². The number of rotatable bonds is 4. The van der Waals surface area contributed by atoms with Gasteiger partial charge in [0.1, 0.15) is 0 Å². The summed E-state index contributed by atoms with van der Waals surface area (Å²) >= 11 is 2.04. The van der Waals surface area contributed by atoms with Crippen molar-refractivity contribution in [3.05, 3.63) is 29.8 Å². The second-order valence-electron chi connectivity index (χ2n) is 4.02. The number of carbonyl (C=O) groups is 1. The van der Waals surface area contributed by atoms with Gasteiger partial charge in [-0.15, -0.1) is 0 Å². The minimum atomic E-state index is -0.0472. The Morgan fingerprint density at radius 2 is 2.41 bits per heavy atom. The van der Waals surface area contributed by atoms with Crippen molar-refractivity contribution in [2.75, 3.05) is 16.7 Å². The zero-order chi connectivity index (χ0) is 12.1. The summed E-state index contributed by atoms with van der Waals surface area (Å²) in [5.41, 5.74) is 1.60. The van der Waals surface area contributed by atoms with Gasteiger partial charge >= 0.3 is 0 Å². The molecule has 5 heteroatoms. The zero-order valence-corrected chi connectivity index (χ0v) is 11.6. The third-order valence-corrected chi connectivity index (χ3v) is 3.37. The van der Waals surface area contributed by atoms with E-state index in [1.165, 1.54) is 0 Å². The van der Waals surface area contributed by atoms with Crippen LogP contribution in [0, 0.1) is 0 Å². The molecule has 1 atom stereocenters. The van der Waals surface area contributed by atoms with Crippen LogP contribution in [0.2, 0.25) is 0 Å². The number of anilines is 1. The maximum atomic E-state index is 11.9. The molecule has 1 heterocycles. The predicted molar refractivity (Wildman–Crippen MR) is 75.4 cm³/mol. The summed E-state index contributed by atoms with van der Waals surface area (Å²) in [6.07, 6.45) is 2.31. The summed E-state index contributed by atoms with van der Waals surface area (Å²) in [6.45, 7) is 1.41. The largest absolute Gasteiger partial charge is 0.376 e. The molecule has 1 aliphatic rings. The van der Waals surface area contributed by atoms with E-state index in [1.54, 1.807) is 0 Å². The molecular formula is C12H15IN2O2. The number of ether oxygens (including phenoxy) is 1. The van der Waals surface area contributed by atoms with Crippen molar-refractivity contribution in [3.8, 4) is 0 Å². The molecule has 0 aromatic heterocycles. The van der Waals surface area contributed by atoms with Crippen molar-refractivity contribution in [2.45, 2.75) is 18.9 Å². The zero-order valence-electron chi connectivity index (χ0n) is 9.41. The SMILES string of the molecule is O=C(NC[C@@H]1CCCO1)c1cccc(NI)c1. The Bertz CT molecular complexity index is 392. The Morgan fingerprint density at radius 1 is 1.53 bits per heavy atom. The molecule has 0 aliphatic carbocycles. The lowest BCUT2D eigenvalue weighted by atomic mass is 10.2. The lowest BCUT2D eigenvalue weighted by molar-refractivity contribution is 0.0858. The minimum Gasteiger partial charge on any atom is -0.376 e. The molecule has 17 heavy (non-hydrogen) atoms. The van der Waals surface area contributed by atoms with Crippen molar-refractivity contribution in [2.24, 2.45) is 0 Å². The number of halogens is 1. The normalized spacial score (nSPS) is 19.0. The Kier molecular flexibility index (Phi) is 4.61. The molecule has 1 amide bonds. The van der Waals surface area contributed by atoms with Gasteiger partial charge in [-0.3, -0.25) is 4.79 Å². The lowest BCUT2D eigenvalue weighted by Crippen LogP contribution is -2.31. The van der Waals surface area contributed by atoms with Crippen LogP contribution >= 0.6 is 22.9 Å². The van der Waals surface area contributed by atoms with Gasteiger partial charge in [0.2, 0.25) is 0 Å². The van der Waals surface area contributed by atoms with Gasteiger partial charge in [-0.05, 0) is 31.0 Å². The van der Waals surface area contributed by atoms with Crippen LogP contribution in [0.1, 0.15) is 23.2 Å². The summed E-state index contributed by atoms with van der Waals surface area (Å²) in [5, 5.41) is 2.90.